The van der Waals surface area contributed by atoms with E-state index in [1.165, 1.54) is 36.9 Å². The van der Waals surface area contributed by atoms with Gasteiger partial charge >= 0.3 is 0 Å². The Kier molecular flexibility index (Phi) is 4.17. The number of aromatic nitrogens is 1. The van der Waals surface area contributed by atoms with E-state index in [-0.39, 0.29) is 0 Å². The molecule has 0 unspecified atom stereocenters. The van der Waals surface area contributed by atoms with Crippen molar-refractivity contribution in [2.75, 3.05) is 18.4 Å². The summed E-state index contributed by atoms with van der Waals surface area (Å²) in [5.41, 5.74) is 3.16. The van der Waals surface area contributed by atoms with Crippen LogP contribution in [0.3, 0.4) is 0 Å². The number of nitriles is 1. The van der Waals surface area contributed by atoms with Crippen LogP contribution in [0.2, 0.25) is 0 Å². The molecule has 1 aromatic heterocycles. The van der Waals surface area contributed by atoms with E-state index in [0.717, 1.165) is 44.2 Å². The summed E-state index contributed by atoms with van der Waals surface area (Å²) in [7, 11) is 0. The van der Waals surface area contributed by atoms with Crippen LogP contribution in [0, 0.1) is 11.3 Å². The number of pyridine rings is 1. The second-order valence-corrected chi connectivity index (χ2v) is 5.82. The zero-order valence-electron chi connectivity index (χ0n) is 11.9. The van der Waals surface area contributed by atoms with Gasteiger partial charge in [-0.3, -0.25) is 0 Å². The molecular weight excluding hydrogens is 248 g/mol. The van der Waals surface area contributed by atoms with Crippen molar-refractivity contribution in [1.82, 2.24) is 10.3 Å². The fourth-order valence-electron chi connectivity index (χ4n) is 2.74. The molecule has 2 aliphatic carbocycles. The molecule has 4 nitrogen and oxygen atoms in total. The summed E-state index contributed by atoms with van der Waals surface area (Å²) in [5, 5.41) is 16.1. The van der Waals surface area contributed by atoms with Crippen LogP contribution in [0.4, 0.5) is 5.82 Å². The number of nitrogens with zero attached hydrogens (tertiary/aromatic N) is 2. The standard InChI is InChI=1S/C16H22N4/c17-11-13-10-12-4-1-2-5-15(12)20-16(13)19-9-3-8-18-14-6-7-14/h10,14,18H,1-9H2,(H,19,20). The maximum atomic E-state index is 9.26. The van der Waals surface area contributed by atoms with Gasteiger partial charge in [0.05, 0.1) is 5.56 Å². The average molecular weight is 270 g/mol. The summed E-state index contributed by atoms with van der Waals surface area (Å²) in [4.78, 5) is 4.68. The molecule has 1 heterocycles. The maximum Gasteiger partial charge on any atom is 0.144 e. The minimum Gasteiger partial charge on any atom is -0.369 e. The summed E-state index contributed by atoms with van der Waals surface area (Å²) in [6, 6.07) is 5.08. The molecule has 0 amide bonds. The van der Waals surface area contributed by atoms with Crippen LogP contribution >= 0.6 is 0 Å². The molecule has 0 aromatic carbocycles. The number of fused-ring (bicyclic) bond motifs is 1. The molecule has 4 heteroatoms. The number of anilines is 1. The van der Waals surface area contributed by atoms with E-state index in [9.17, 15) is 5.26 Å². The third kappa shape index (κ3) is 3.29. The van der Waals surface area contributed by atoms with Crippen LogP contribution in [0.25, 0.3) is 0 Å². The molecule has 20 heavy (non-hydrogen) atoms. The van der Waals surface area contributed by atoms with Crippen LogP contribution in [0.5, 0.6) is 0 Å². The van der Waals surface area contributed by atoms with Crippen molar-refractivity contribution >= 4 is 5.82 Å². The summed E-state index contributed by atoms with van der Waals surface area (Å²) < 4.78 is 0. The van der Waals surface area contributed by atoms with Crippen molar-refractivity contribution in [2.45, 2.75) is 51.0 Å². The summed E-state index contributed by atoms with van der Waals surface area (Å²) in [6.45, 7) is 1.92. The van der Waals surface area contributed by atoms with Crippen molar-refractivity contribution in [2.24, 2.45) is 0 Å². The largest absolute Gasteiger partial charge is 0.369 e. The van der Waals surface area contributed by atoms with Crippen LogP contribution in [0.15, 0.2) is 6.07 Å². The third-order valence-electron chi connectivity index (χ3n) is 4.08. The van der Waals surface area contributed by atoms with Crippen molar-refractivity contribution in [1.29, 1.82) is 5.26 Å². The van der Waals surface area contributed by atoms with Crippen molar-refractivity contribution in [3.05, 3.63) is 22.9 Å². The molecule has 0 saturated heterocycles. The molecule has 0 aliphatic heterocycles. The van der Waals surface area contributed by atoms with Gasteiger partial charge in [0.2, 0.25) is 0 Å². The highest BCUT2D eigenvalue weighted by Crippen LogP contribution is 2.24. The van der Waals surface area contributed by atoms with Crippen molar-refractivity contribution < 1.29 is 0 Å². The molecular formula is C16H22N4. The van der Waals surface area contributed by atoms with E-state index >= 15 is 0 Å². The quantitative estimate of drug-likeness (QED) is 0.779. The Morgan fingerprint density at radius 3 is 2.90 bits per heavy atom. The third-order valence-corrected chi connectivity index (χ3v) is 4.08. The maximum absolute atomic E-state index is 9.26. The molecule has 0 bridgehead atoms. The number of hydrogen-bond donors (Lipinski definition) is 2. The predicted molar refractivity (Wildman–Crippen MR) is 79.7 cm³/mol. The Labute approximate surface area is 120 Å². The molecule has 1 saturated carbocycles. The highest BCUT2D eigenvalue weighted by atomic mass is 15.0. The van der Waals surface area contributed by atoms with Gasteiger partial charge in [-0.25, -0.2) is 4.98 Å². The molecule has 2 aliphatic rings. The van der Waals surface area contributed by atoms with Gasteiger partial charge in [0, 0.05) is 18.3 Å². The van der Waals surface area contributed by atoms with Gasteiger partial charge in [0.1, 0.15) is 11.9 Å². The lowest BCUT2D eigenvalue weighted by molar-refractivity contribution is 0.655. The topological polar surface area (TPSA) is 60.7 Å². The lowest BCUT2D eigenvalue weighted by Crippen LogP contribution is -2.20. The van der Waals surface area contributed by atoms with Crippen LogP contribution in [-0.2, 0) is 12.8 Å². The second kappa shape index (κ2) is 6.23. The van der Waals surface area contributed by atoms with Crippen LogP contribution in [-0.4, -0.2) is 24.1 Å². The van der Waals surface area contributed by atoms with Gasteiger partial charge < -0.3 is 10.6 Å². The Morgan fingerprint density at radius 1 is 1.25 bits per heavy atom. The van der Waals surface area contributed by atoms with Gasteiger partial charge in [-0.1, -0.05) is 0 Å². The van der Waals surface area contributed by atoms with Gasteiger partial charge in [0.25, 0.3) is 0 Å². The molecule has 0 atom stereocenters. The number of rotatable bonds is 6. The highest BCUT2D eigenvalue weighted by molar-refractivity contribution is 5.54. The van der Waals surface area contributed by atoms with Crippen LogP contribution in [0.1, 0.15) is 48.9 Å². The second-order valence-electron chi connectivity index (χ2n) is 5.82. The Bertz CT molecular complexity index is 514. The lowest BCUT2D eigenvalue weighted by Gasteiger charge is -2.17. The molecule has 1 fully saturated rings. The summed E-state index contributed by atoms with van der Waals surface area (Å²) >= 11 is 0. The van der Waals surface area contributed by atoms with E-state index < -0.39 is 0 Å². The first-order chi connectivity index (χ1) is 9.86. The monoisotopic (exact) mass is 270 g/mol. The zero-order valence-corrected chi connectivity index (χ0v) is 11.9. The molecule has 0 radical (unpaired) electrons. The summed E-state index contributed by atoms with van der Waals surface area (Å²) in [6.07, 6.45) is 8.30. The predicted octanol–water partition coefficient (Wildman–Crippen LogP) is 2.39. The minimum atomic E-state index is 0.695. The van der Waals surface area contributed by atoms with Gasteiger partial charge in [-0.05, 0) is 63.1 Å². The first-order valence-electron chi connectivity index (χ1n) is 7.77. The van der Waals surface area contributed by atoms with Gasteiger partial charge in [-0.15, -0.1) is 0 Å². The molecule has 2 N–H and O–H groups in total. The number of nitrogens with one attached hydrogen (secondary N) is 2. The van der Waals surface area contributed by atoms with E-state index in [2.05, 4.69) is 21.7 Å². The molecule has 1 aromatic rings. The first-order valence-corrected chi connectivity index (χ1v) is 7.77. The molecule has 106 valence electrons. The molecule has 3 rings (SSSR count). The number of hydrogen-bond acceptors (Lipinski definition) is 4. The minimum absolute atomic E-state index is 0.695. The van der Waals surface area contributed by atoms with Crippen molar-refractivity contribution in [3.8, 4) is 6.07 Å². The summed E-state index contributed by atoms with van der Waals surface area (Å²) in [5.74, 6) is 0.777. The number of aryl methyl sites for hydroxylation is 2. The first kappa shape index (κ1) is 13.4. The highest BCUT2D eigenvalue weighted by Gasteiger charge is 2.19. The average Bonchev–Trinajstić information content (AvgIpc) is 3.30. The van der Waals surface area contributed by atoms with Gasteiger partial charge in [0.15, 0.2) is 0 Å². The van der Waals surface area contributed by atoms with Gasteiger partial charge in [-0.2, -0.15) is 5.26 Å². The fourth-order valence-corrected chi connectivity index (χ4v) is 2.74. The Morgan fingerprint density at radius 2 is 2.10 bits per heavy atom. The van der Waals surface area contributed by atoms with E-state index in [1.807, 2.05) is 6.07 Å². The van der Waals surface area contributed by atoms with E-state index in [4.69, 9.17) is 0 Å². The lowest BCUT2D eigenvalue weighted by atomic mass is 9.95. The van der Waals surface area contributed by atoms with Crippen LogP contribution < -0.4 is 10.6 Å². The SMILES string of the molecule is N#Cc1cc2c(nc1NCCCNC1CC1)CCCC2. The Balaban J connectivity index is 1.57. The normalized spacial score (nSPS) is 17.4. The molecule has 0 spiro atoms. The fraction of sp³-hybridized carbons (Fsp3) is 0.625. The zero-order chi connectivity index (χ0) is 13.8. The van der Waals surface area contributed by atoms with E-state index in [0.29, 0.717) is 5.56 Å². The smallest absolute Gasteiger partial charge is 0.144 e. The van der Waals surface area contributed by atoms with Crippen molar-refractivity contribution in [3.63, 3.8) is 0 Å². The Hall–Kier alpha value is -1.60. The van der Waals surface area contributed by atoms with E-state index in [1.54, 1.807) is 0 Å².